The van der Waals surface area contributed by atoms with Gasteiger partial charge < -0.3 is 28.4 Å². The zero-order valence-electron chi connectivity index (χ0n) is 78.8. The van der Waals surface area contributed by atoms with E-state index < -0.39 is 0 Å². The maximum Gasteiger partial charge on any atom is 0.297 e. The number of rotatable bonds is 10. The molecular weight excluding hydrogens is 1520 g/mol. The van der Waals surface area contributed by atoms with Crippen LogP contribution in [0.3, 0.4) is 0 Å². The summed E-state index contributed by atoms with van der Waals surface area (Å²) < 4.78 is 13.9. The van der Waals surface area contributed by atoms with Crippen molar-refractivity contribution in [1.82, 2.24) is 0 Å². The molecule has 14 aromatic carbocycles. The molecule has 18 rings (SSSR count). The van der Waals surface area contributed by atoms with Crippen LogP contribution in [0.4, 0.5) is 68.2 Å². The lowest BCUT2D eigenvalue weighted by Crippen LogP contribution is -2.61. The molecule has 0 radical (unpaired) electrons. The smallest absolute Gasteiger partial charge is 0.297 e. The van der Waals surface area contributed by atoms with Crippen molar-refractivity contribution in [1.29, 1.82) is 0 Å². The van der Waals surface area contributed by atoms with E-state index in [9.17, 15) is 0 Å². The van der Waals surface area contributed by atoms with Gasteiger partial charge in [0, 0.05) is 67.4 Å². The molecular formula is C118H125BN4O2. The summed E-state index contributed by atoms with van der Waals surface area (Å²) in [6.07, 6.45) is 1.96. The number of anilines is 12. The molecule has 2 aliphatic heterocycles. The van der Waals surface area contributed by atoms with Gasteiger partial charge in [0.2, 0.25) is 0 Å². The number of furan rings is 2. The van der Waals surface area contributed by atoms with E-state index in [1.54, 1.807) is 0 Å². The summed E-state index contributed by atoms with van der Waals surface area (Å²) in [5.41, 5.74) is 36.2. The third kappa shape index (κ3) is 16.1. The first-order chi connectivity index (χ1) is 58.8. The van der Waals surface area contributed by atoms with Gasteiger partial charge >= 0.3 is 0 Å². The van der Waals surface area contributed by atoms with Crippen molar-refractivity contribution in [2.75, 3.05) is 19.6 Å². The van der Waals surface area contributed by atoms with Crippen molar-refractivity contribution in [2.24, 2.45) is 0 Å². The van der Waals surface area contributed by atoms with Gasteiger partial charge in [-0.25, -0.2) is 0 Å². The monoisotopic (exact) mass is 1640 g/mol. The molecule has 16 aromatic rings. The average molecular weight is 1640 g/mol. The molecule has 6 nitrogen and oxygen atoms in total. The molecule has 0 aliphatic carbocycles. The molecule has 4 heterocycles. The molecule has 0 N–H and O–H groups in total. The molecule has 632 valence electrons. The minimum atomic E-state index is -0.135. The Morgan fingerprint density at radius 1 is 0.272 bits per heavy atom. The number of nitrogens with zero attached hydrogens (tertiary/aromatic N) is 4. The fourth-order valence-electron chi connectivity index (χ4n) is 18.7. The zero-order chi connectivity index (χ0) is 88.9. The summed E-state index contributed by atoms with van der Waals surface area (Å²) >= 11 is 0. The Bertz CT molecular complexity index is 6760. The van der Waals surface area contributed by atoms with Crippen LogP contribution in [-0.2, 0) is 43.3 Å². The molecule has 0 amide bonds. The first-order valence-corrected chi connectivity index (χ1v) is 45.1. The summed E-state index contributed by atoms with van der Waals surface area (Å²) in [5, 5.41) is 7.14. The van der Waals surface area contributed by atoms with Gasteiger partial charge in [-0.3, -0.25) is 0 Å². The molecule has 0 bridgehead atoms. The Kier molecular flexibility index (Phi) is 21.1. The minimum absolute atomic E-state index is 0.0409. The fraction of sp³-hybridized carbons (Fsp3) is 0.288. The van der Waals surface area contributed by atoms with E-state index in [-0.39, 0.29) is 50.0 Å². The Morgan fingerprint density at radius 3 is 1.19 bits per heavy atom. The van der Waals surface area contributed by atoms with Gasteiger partial charge in [0.05, 0.1) is 28.4 Å². The topological polar surface area (TPSA) is 39.2 Å². The van der Waals surface area contributed by atoms with E-state index in [4.69, 9.17) is 8.83 Å². The van der Waals surface area contributed by atoms with E-state index in [1.807, 2.05) is 6.26 Å². The van der Waals surface area contributed by atoms with E-state index in [1.165, 1.54) is 122 Å². The summed E-state index contributed by atoms with van der Waals surface area (Å²) in [6, 6.07) is 105. The molecule has 0 spiro atoms. The van der Waals surface area contributed by atoms with E-state index >= 15 is 0 Å². The summed E-state index contributed by atoms with van der Waals surface area (Å²) in [5.74, 6) is 0. The highest BCUT2D eigenvalue weighted by molar-refractivity contribution is 7.00. The second-order valence-electron chi connectivity index (χ2n) is 43.8. The second-order valence-corrected chi connectivity index (χ2v) is 43.8. The van der Waals surface area contributed by atoms with Gasteiger partial charge in [0.1, 0.15) is 17.4 Å². The van der Waals surface area contributed by atoms with Crippen molar-refractivity contribution in [3.05, 3.63) is 341 Å². The molecule has 2 aliphatic rings. The molecule has 7 heteroatoms. The van der Waals surface area contributed by atoms with Crippen LogP contribution in [0.25, 0.3) is 65.7 Å². The third-order valence-electron chi connectivity index (χ3n) is 26.1. The van der Waals surface area contributed by atoms with Crippen molar-refractivity contribution < 1.29 is 8.83 Å². The van der Waals surface area contributed by atoms with Crippen LogP contribution in [0.1, 0.15) is 222 Å². The van der Waals surface area contributed by atoms with Gasteiger partial charge in [-0.05, 0) is 278 Å². The van der Waals surface area contributed by atoms with Crippen LogP contribution in [-0.4, -0.2) is 6.71 Å². The normalized spacial score (nSPS) is 13.3. The van der Waals surface area contributed by atoms with Crippen molar-refractivity contribution in [2.45, 2.75) is 223 Å². The first kappa shape index (κ1) is 85.1. The van der Waals surface area contributed by atoms with Gasteiger partial charge in [-0.1, -0.05) is 324 Å². The lowest BCUT2D eigenvalue weighted by Gasteiger charge is -2.43. The third-order valence-corrected chi connectivity index (χ3v) is 26.1. The van der Waals surface area contributed by atoms with E-state index in [0.717, 1.165) is 84.3 Å². The molecule has 125 heavy (non-hydrogen) atoms. The van der Waals surface area contributed by atoms with Gasteiger partial charge in [-0.15, -0.1) is 0 Å². The van der Waals surface area contributed by atoms with Crippen LogP contribution in [0, 0.1) is 13.8 Å². The van der Waals surface area contributed by atoms with Gasteiger partial charge in [-0.2, -0.15) is 0 Å². The molecule has 0 saturated carbocycles. The SMILES string of the molecule is Cc1cc(N(c2ccc(C(C)(C)C)cc2)c2ccc(C(C)(C)C)cc2)cc(N(c2ccc(C(C)(C)C)cc2-c2cccc3ccccc23)c2coc3ccc(C(C)(C)C)cc23)c1.Cc1cc2c3c(c1)N(c1ccc(C(C)(C)C)cc1-c1cccc4ccccc14)c1c(oc4ccc(C(C)(C)C)cc14)B3c1cc(C(C)(C)C)ccc1N2c1ccc(C(C)(C)C)cc1. The molecule has 0 saturated heterocycles. The van der Waals surface area contributed by atoms with Crippen molar-refractivity contribution in [3.63, 3.8) is 0 Å². The minimum Gasteiger partial charge on any atom is -0.468 e. The highest BCUT2D eigenvalue weighted by atomic mass is 16.3. The molecule has 0 unspecified atom stereocenters. The molecule has 0 fully saturated rings. The summed E-state index contributed by atoms with van der Waals surface area (Å²) in [7, 11) is 0. The Balaban J connectivity index is 0.000000177. The van der Waals surface area contributed by atoms with Crippen LogP contribution in [0.15, 0.2) is 294 Å². The number of fused-ring (bicyclic) bond motifs is 9. The molecule has 0 atom stereocenters. The number of benzene rings is 14. The Hall–Kier alpha value is -12.1. The zero-order valence-corrected chi connectivity index (χ0v) is 78.8. The van der Waals surface area contributed by atoms with Crippen molar-refractivity contribution >= 4 is 135 Å². The standard InChI is InChI=1S/C59H61BN2O.C59H64N2O/c1-36-31-50-53-51(32-36)62(48-28-23-39(57(5,6)7)33-45(48)44-20-16-18-37-17-14-15-19-43(37)44)54-46-34-40(58(8,9)10)25-30-52(46)63-55(54)60(53)47-35-41(59(11,12)13)24-29-49(47)61(50)42-26-21-38(22-27-42)56(2,3)4;1-39-33-47(60(45-27-21-41(22-28-45)56(2,3)4)46-29-23-42(24-30-46)57(5,6)7)37-48(34-39)61(54-38-62-55-32-26-44(36-52(54)55)59(11,12)13)53-31-25-43(58(8,9)10)35-51(53)50-20-16-18-40-17-14-15-19-49(40)50/h14-35H,1-13H3;14-38H,1-13H3. The maximum atomic E-state index is 7.40. The van der Waals surface area contributed by atoms with Gasteiger partial charge in [0.15, 0.2) is 0 Å². The lowest BCUT2D eigenvalue weighted by atomic mass is 9.35. The van der Waals surface area contributed by atoms with Crippen LogP contribution < -0.4 is 36.2 Å². The van der Waals surface area contributed by atoms with Crippen LogP contribution in [0.5, 0.6) is 0 Å². The maximum absolute atomic E-state index is 7.40. The Labute approximate surface area is 745 Å². The highest BCUT2D eigenvalue weighted by Gasteiger charge is 2.48. The average Bonchev–Trinajstić information content (AvgIpc) is 1.65. The largest absolute Gasteiger partial charge is 0.468 e. The summed E-state index contributed by atoms with van der Waals surface area (Å²) in [6.45, 7) is 59.4. The second kappa shape index (κ2) is 31.0. The fourth-order valence-corrected chi connectivity index (χ4v) is 18.7. The predicted octanol–water partition coefficient (Wildman–Crippen LogP) is 32.5. The number of hydrogen-bond donors (Lipinski definition) is 0. The van der Waals surface area contributed by atoms with Crippen LogP contribution >= 0.6 is 0 Å². The number of aryl methyl sites for hydroxylation is 2. The number of hydrogen-bond acceptors (Lipinski definition) is 6. The van der Waals surface area contributed by atoms with Gasteiger partial charge in [0.25, 0.3) is 6.71 Å². The van der Waals surface area contributed by atoms with Crippen molar-refractivity contribution in [3.8, 4) is 22.3 Å². The predicted molar refractivity (Wildman–Crippen MR) is 541 cm³/mol. The Morgan fingerprint density at radius 2 is 0.672 bits per heavy atom. The lowest BCUT2D eigenvalue weighted by molar-refractivity contribution is 0.589. The summed E-state index contributed by atoms with van der Waals surface area (Å²) in [4.78, 5) is 9.96. The van der Waals surface area contributed by atoms with E-state index in [2.05, 4.69) is 479 Å². The highest BCUT2D eigenvalue weighted by Crippen LogP contribution is 2.54. The molecule has 2 aromatic heterocycles. The quantitative estimate of drug-likeness (QED) is 0.127. The van der Waals surface area contributed by atoms with E-state index in [0.29, 0.717) is 0 Å². The van der Waals surface area contributed by atoms with Crippen LogP contribution in [0.2, 0.25) is 0 Å². The first-order valence-electron chi connectivity index (χ1n) is 45.1.